The van der Waals surface area contributed by atoms with Gasteiger partial charge < -0.3 is 14.6 Å². The number of carbonyl (C=O) groups is 2. The molecule has 5 heteroatoms. The number of ether oxygens (including phenoxy) is 2. The van der Waals surface area contributed by atoms with Gasteiger partial charge in [0.25, 0.3) is 6.47 Å². The fraction of sp³-hybridized carbons (Fsp3) is 0.875. The molecule has 2 unspecified atom stereocenters. The summed E-state index contributed by atoms with van der Waals surface area (Å²) in [6.07, 6.45) is 1.85. The molecule has 0 radical (unpaired) electrons. The van der Waals surface area contributed by atoms with Crippen LogP contribution in [0.1, 0.15) is 53.4 Å². The van der Waals surface area contributed by atoms with E-state index < -0.39 is 6.10 Å². The normalized spacial score (nSPS) is 15.5. The van der Waals surface area contributed by atoms with E-state index in [0.29, 0.717) is 19.0 Å². The maximum absolute atomic E-state index is 12.0. The minimum Gasteiger partial charge on any atom is -0.464 e. The molecule has 1 N–H and O–H groups in total. The molecule has 2 atom stereocenters. The Balaban J connectivity index is 4.57. The molecular weight excluding hydrogens is 272 g/mol. The molecule has 0 saturated carbocycles. The topological polar surface area (TPSA) is 72.8 Å². The maximum Gasteiger partial charge on any atom is 0.293 e. The molecule has 124 valence electrons. The van der Waals surface area contributed by atoms with Crippen molar-refractivity contribution in [3.8, 4) is 0 Å². The fourth-order valence-electron chi connectivity index (χ4n) is 2.62. The van der Waals surface area contributed by atoms with E-state index in [1.54, 1.807) is 0 Å². The Kier molecular flexibility index (Phi) is 10.3. The first-order chi connectivity index (χ1) is 9.89. The highest BCUT2D eigenvalue weighted by Crippen LogP contribution is 2.36. The lowest BCUT2D eigenvalue weighted by atomic mass is 9.73. The molecule has 0 aromatic heterocycles. The van der Waals surface area contributed by atoms with E-state index in [2.05, 4.69) is 27.7 Å². The molecule has 0 aromatic carbocycles. The number of hydrogen-bond acceptors (Lipinski definition) is 5. The van der Waals surface area contributed by atoms with Gasteiger partial charge in [0.05, 0.1) is 19.8 Å². The second-order valence-corrected chi connectivity index (χ2v) is 6.16. The van der Waals surface area contributed by atoms with Crippen molar-refractivity contribution in [2.45, 2.75) is 59.5 Å². The predicted molar refractivity (Wildman–Crippen MR) is 80.9 cm³/mol. The van der Waals surface area contributed by atoms with Gasteiger partial charge in [-0.05, 0) is 18.8 Å². The van der Waals surface area contributed by atoms with Crippen molar-refractivity contribution in [1.29, 1.82) is 0 Å². The number of Topliss-reactive ketones (excluding diaryl/α,β-unsaturated/α-hetero) is 1. The highest BCUT2D eigenvalue weighted by molar-refractivity contribution is 5.79. The molecule has 0 aliphatic carbocycles. The number of ketones is 1. The van der Waals surface area contributed by atoms with Gasteiger partial charge >= 0.3 is 0 Å². The van der Waals surface area contributed by atoms with Crippen LogP contribution in [0, 0.1) is 11.3 Å². The smallest absolute Gasteiger partial charge is 0.293 e. The summed E-state index contributed by atoms with van der Waals surface area (Å²) in [5, 5.41) is 8.60. The second-order valence-electron chi connectivity index (χ2n) is 6.16. The zero-order valence-corrected chi connectivity index (χ0v) is 13.8. The highest BCUT2D eigenvalue weighted by Gasteiger charge is 2.36. The quantitative estimate of drug-likeness (QED) is 0.417. The van der Waals surface area contributed by atoms with Gasteiger partial charge in [-0.1, -0.05) is 27.7 Å². The Morgan fingerprint density at radius 1 is 1.33 bits per heavy atom. The molecule has 0 aliphatic rings. The van der Waals surface area contributed by atoms with Gasteiger partial charge in [-0.25, -0.2) is 0 Å². The summed E-state index contributed by atoms with van der Waals surface area (Å²) in [5.41, 5.74) is -0.198. The first kappa shape index (κ1) is 20.1. The standard InChI is InChI=1S/C16H30O5/c1-5-16(4,11-13(2)3)15(21-12-18)10-14(19)6-8-20-9-7-17/h12-13,15,17H,5-11H2,1-4H3. The Morgan fingerprint density at radius 3 is 2.48 bits per heavy atom. The van der Waals surface area contributed by atoms with E-state index in [-0.39, 0.29) is 37.3 Å². The average molecular weight is 302 g/mol. The monoisotopic (exact) mass is 302 g/mol. The van der Waals surface area contributed by atoms with Crippen LogP contribution in [0.4, 0.5) is 0 Å². The Labute approximate surface area is 128 Å². The van der Waals surface area contributed by atoms with Crippen molar-refractivity contribution in [2.75, 3.05) is 19.8 Å². The highest BCUT2D eigenvalue weighted by atomic mass is 16.5. The Bertz CT molecular complexity index is 303. The molecule has 0 bridgehead atoms. The Hall–Kier alpha value is -0.940. The molecule has 0 amide bonds. The summed E-state index contributed by atoms with van der Waals surface area (Å²) in [5.74, 6) is 0.485. The predicted octanol–water partition coefficient (Wildman–Crippen LogP) is 2.35. The fourth-order valence-corrected chi connectivity index (χ4v) is 2.62. The average Bonchev–Trinajstić information content (AvgIpc) is 2.42. The van der Waals surface area contributed by atoms with Gasteiger partial charge in [0.15, 0.2) is 0 Å². The molecule has 0 saturated heterocycles. The third kappa shape index (κ3) is 8.17. The van der Waals surface area contributed by atoms with E-state index in [4.69, 9.17) is 14.6 Å². The van der Waals surface area contributed by atoms with Gasteiger partial charge in [-0.15, -0.1) is 0 Å². The van der Waals surface area contributed by atoms with Gasteiger partial charge in [0, 0.05) is 18.3 Å². The molecule has 5 nitrogen and oxygen atoms in total. The van der Waals surface area contributed by atoms with E-state index in [9.17, 15) is 9.59 Å². The SMILES string of the molecule is CCC(C)(CC(C)C)C(CC(=O)CCOCCO)OC=O. The minimum absolute atomic E-state index is 0.0169. The van der Waals surface area contributed by atoms with E-state index in [1.165, 1.54) is 0 Å². The van der Waals surface area contributed by atoms with Crippen molar-refractivity contribution in [3.05, 3.63) is 0 Å². The summed E-state index contributed by atoms with van der Waals surface area (Å²) in [7, 11) is 0. The van der Waals surface area contributed by atoms with Crippen molar-refractivity contribution in [2.24, 2.45) is 11.3 Å². The van der Waals surface area contributed by atoms with Crippen LogP contribution in [0.5, 0.6) is 0 Å². The van der Waals surface area contributed by atoms with E-state index in [0.717, 1.165) is 12.8 Å². The summed E-state index contributed by atoms with van der Waals surface area (Å²) in [6, 6.07) is 0. The molecule has 0 rings (SSSR count). The third-order valence-corrected chi connectivity index (χ3v) is 3.85. The van der Waals surface area contributed by atoms with Crippen molar-refractivity contribution >= 4 is 12.3 Å². The van der Waals surface area contributed by atoms with Gasteiger partial charge in [0.2, 0.25) is 0 Å². The Morgan fingerprint density at radius 2 is 2.00 bits per heavy atom. The van der Waals surface area contributed by atoms with Crippen LogP contribution in [-0.4, -0.2) is 43.3 Å². The van der Waals surface area contributed by atoms with Crippen LogP contribution >= 0.6 is 0 Å². The zero-order valence-electron chi connectivity index (χ0n) is 13.8. The molecule has 0 aromatic rings. The number of rotatable bonds is 13. The number of carbonyl (C=O) groups excluding carboxylic acids is 2. The largest absolute Gasteiger partial charge is 0.464 e. The lowest BCUT2D eigenvalue weighted by molar-refractivity contribution is -0.144. The van der Waals surface area contributed by atoms with Crippen molar-refractivity contribution in [1.82, 2.24) is 0 Å². The van der Waals surface area contributed by atoms with Crippen molar-refractivity contribution in [3.63, 3.8) is 0 Å². The first-order valence-corrected chi connectivity index (χ1v) is 7.69. The molecule has 0 aliphatic heterocycles. The van der Waals surface area contributed by atoms with Gasteiger partial charge in [-0.2, -0.15) is 0 Å². The lowest BCUT2D eigenvalue weighted by Crippen LogP contribution is -2.37. The number of aliphatic hydroxyl groups is 1. The molecule has 21 heavy (non-hydrogen) atoms. The minimum atomic E-state index is -0.396. The third-order valence-electron chi connectivity index (χ3n) is 3.85. The van der Waals surface area contributed by atoms with E-state index >= 15 is 0 Å². The summed E-state index contributed by atoms with van der Waals surface area (Å²) in [4.78, 5) is 22.8. The first-order valence-electron chi connectivity index (χ1n) is 7.69. The number of aliphatic hydroxyl groups excluding tert-OH is 1. The molecule has 0 spiro atoms. The van der Waals surface area contributed by atoms with Gasteiger partial charge in [0.1, 0.15) is 11.9 Å². The molecule has 0 heterocycles. The molecule has 0 fully saturated rings. The van der Waals surface area contributed by atoms with Crippen LogP contribution in [-0.2, 0) is 19.1 Å². The summed E-state index contributed by atoms with van der Waals surface area (Å²) < 4.78 is 10.3. The summed E-state index contributed by atoms with van der Waals surface area (Å²) in [6.45, 7) is 9.28. The lowest BCUT2D eigenvalue weighted by Gasteiger charge is -2.36. The van der Waals surface area contributed by atoms with Crippen LogP contribution in [0.2, 0.25) is 0 Å². The maximum atomic E-state index is 12.0. The molecular formula is C16H30O5. The van der Waals surface area contributed by atoms with Crippen LogP contribution in [0.15, 0.2) is 0 Å². The van der Waals surface area contributed by atoms with Crippen LogP contribution in [0.25, 0.3) is 0 Å². The van der Waals surface area contributed by atoms with Gasteiger partial charge in [-0.3, -0.25) is 9.59 Å². The van der Waals surface area contributed by atoms with E-state index in [1.807, 2.05) is 0 Å². The van der Waals surface area contributed by atoms with Crippen LogP contribution in [0.3, 0.4) is 0 Å². The van der Waals surface area contributed by atoms with Crippen LogP contribution < -0.4 is 0 Å². The number of hydrogen-bond donors (Lipinski definition) is 1. The zero-order chi connectivity index (χ0) is 16.3. The summed E-state index contributed by atoms with van der Waals surface area (Å²) >= 11 is 0. The second kappa shape index (κ2) is 10.7. The van der Waals surface area contributed by atoms with Crippen molar-refractivity contribution < 1.29 is 24.2 Å².